The largest absolute Gasteiger partial charge is 0.376 e. The van der Waals surface area contributed by atoms with Gasteiger partial charge in [-0.1, -0.05) is 30.9 Å². The first-order valence-corrected chi connectivity index (χ1v) is 7.61. The Morgan fingerprint density at radius 1 is 1.38 bits per heavy atom. The highest BCUT2D eigenvalue weighted by Gasteiger charge is 2.13. The third kappa shape index (κ3) is 5.15. The fourth-order valence-corrected chi connectivity index (χ4v) is 2.63. The molecule has 1 heterocycles. The Balaban J connectivity index is 1.75. The number of carbonyl (C=O) groups is 1. The number of hydrogen-bond donors (Lipinski definition) is 3. The zero-order valence-electron chi connectivity index (χ0n) is 11.9. The van der Waals surface area contributed by atoms with Gasteiger partial charge >= 0.3 is 0 Å². The number of hydrazine groups is 1. The highest BCUT2D eigenvalue weighted by atomic mass is 35.5. The SMILES string of the molecule is NNc1cc(C(=O)NCCOC2CCCCC2)cc(Cl)n1. The lowest BCUT2D eigenvalue weighted by molar-refractivity contribution is 0.0299. The summed E-state index contributed by atoms with van der Waals surface area (Å²) in [5.74, 6) is 5.40. The van der Waals surface area contributed by atoms with Gasteiger partial charge in [-0.25, -0.2) is 10.8 Å². The molecule has 0 radical (unpaired) electrons. The van der Waals surface area contributed by atoms with Crippen molar-refractivity contribution in [3.8, 4) is 0 Å². The predicted molar refractivity (Wildman–Crippen MR) is 82.2 cm³/mol. The molecule has 7 heteroatoms. The average Bonchev–Trinajstić information content (AvgIpc) is 2.51. The molecule has 1 amide bonds. The molecule has 2 rings (SSSR count). The van der Waals surface area contributed by atoms with Gasteiger partial charge in [0, 0.05) is 12.1 Å². The van der Waals surface area contributed by atoms with Crippen molar-refractivity contribution >= 4 is 23.3 Å². The lowest BCUT2D eigenvalue weighted by Gasteiger charge is -2.22. The standard InChI is InChI=1S/C14H21ClN4O2/c15-12-8-10(9-13(18-12)19-16)14(20)17-6-7-21-11-4-2-1-3-5-11/h8-9,11H,1-7,16H2,(H,17,20)(H,18,19). The summed E-state index contributed by atoms with van der Waals surface area (Å²) in [6.45, 7) is 0.998. The Bertz CT molecular complexity index is 478. The quantitative estimate of drug-likeness (QED) is 0.324. The smallest absolute Gasteiger partial charge is 0.251 e. The molecule has 1 aromatic heterocycles. The van der Waals surface area contributed by atoms with Gasteiger partial charge in [-0.3, -0.25) is 4.79 Å². The molecule has 0 aliphatic heterocycles. The van der Waals surface area contributed by atoms with Crippen LogP contribution < -0.4 is 16.6 Å². The Morgan fingerprint density at radius 3 is 2.86 bits per heavy atom. The van der Waals surface area contributed by atoms with Gasteiger partial charge < -0.3 is 15.5 Å². The van der Waals surface area contributed by atoms with Crippen LogP contribution in [0.5, 0.6) is 0 Å². The van der Waals surface area contributed by atoms with Gasteiger partial charge in [0.1, 0.15) is 11.0 Å². The molecule has 0 spiro atoms. The first kappa shape index (κ1) is 16.0. The molecule has 1 saturated carbocycles. The second kappa shape index (κ2) is 8.17. The molecule has 1 aromatic rings. The zero-order chi connectivity index (χ0) is 15.1. The van der Waals surface area contributed by atoms with Crippen LogP contribution in [0.25, 0.3) is 0 Å². The second-order valence-corrected chi connectivity index (χ2v) is 5.48. The molecular formula is C14H21ClN4O2. The van der Waals surface area contributed by atoms with E-state index in [1.165, 1.54) is 25.3 Å². The van der Waals surface area contributed by atoms with Crippen molar-refractivity contribution < 1.29 is 9.53 Å². The van der Waals surface area contributed by atoms with Gasteiger partial charge in [-0.15, -0.1) is 0 Å². The van der Waals surface area contributed by atoms with Crippen molar-refractivity contribution in [1.82, 2.24) is 10.3 Å². The van der Waals surface area contributed by atoms with E-state index >= 15 is 0 Å². The first-order valence-electron chi connectivity index (χ1n) is 7.23. The number of pyridine rings is 1. The Kier molecular flexibility index (Phi) is 6.22. The summed E-state index contributed by atoms with van der Waals surface area (Å²) in [5.41, 5.74) is 2.79. The number of nitrogens with zero attached hydrogens (tertiary/aromatic N) is 1. The number of ether oxygens (including phenoxy) is 1. The Labute approximate surface area is 129 Å². The number of halogens is 1. The monoisotopic (exact) mass is 312 g/mol. The van der Waals surface area contributed by atoms with Gasteiger partial charge in [0.05, 0.1) is 12.7 Å². The maximum absolute atomic E-state index is 12.0. The van der Waals surface area contributed by atoms with Gasteiger partial charge in [0.2, 0.25) is 0 Å². The third-order valence-corrected chi connectivity index (χ3v) is 3.69. The number of carbonyl (C=O) groups excluding carboxylic acids is 1. The minimum Gasteiger partial charge on any atom is -0.376 e. The van der Waals surface area contributed by atoms with E-state index < -0.39 is 0 Å². The van der Waals surface area contributed by atoms with Crippen molar-refractivity contribution in [1.29, 1.82) is 0 Å². The lowest BCUT2D eigenvalue weighted by atomic mass is 9.98. The van der Waals surface area contributed by atoms with Gasteiger partial charge in [-0.05, 0) is 25.0 Å². The normalized spacial score (nSPS) is 15.7. The number of anilines is 1. The minimum atomic E-state index is -0.219. The van der Waals surface area contributed by atoms with E-state index in [2.05, 4.69) is 15.7 Å². The van der Waals surface area contributed by atoms with Crippen molar-refractivity contribution in [2.24, 2.45) is 5.84 Å². The van der Waals surface area contributed by atoms with Crippen LogP contribution in [0.3, 0.4) is 0 Å². The summed E-state index contributed by atoms with van der Waals surface area (Å²) in [7, 11) is 0. The number of hydrogen-bond acceptors (Lipinski definition) is 5. The molecule has 1 aliphatic carbocycles. The van der Waals surface area contributed by atoms with Crippen molar-refractivity contribution in [3.63, 3.8) is 0 Å². The van der Waals surface area contributed by atoms with E-state index in [0.29, 0.717) is 30.6 Å². The van der Waals surface area contributed by atoms with Crippen molar-refractivity contribution in [2.75, 3.05) is 18.6 Å². The van der Waals surface area contributed by atoms with Crippen LogP contribution in [0.15, 0.2) is 12.1 Å². The Hall–Kier alpha value is -1.37. The molecule has 116 valence electrons. The molecule has 6 nitrogen and oxygen atoms in total. The van der Waals surface area contributed by atoms with Gasteiger partial charge in [0.15, 0.2) is 0 Å². The van der Waals surface area contributed by atoms with E-state index in [4.69, 9.17) is 22.2 Å². The number of nitrogens with two attached hydrogens (primary N) is 1. The van der Waals surface area contributed by atoms with E-state index in [1.54, 1.807) is 6.07 Å². The highest BCUT2D eigenvalue weighted by Crippen LogP contribution is 2.20. The molecule has 1 fully saturated rings. The zero-order valence-corrected chi connectivity index (χ0v) is 12.7. The van der Waals surface area contributed by atoms with Crippen LogP contribution >= 0.6 is 11.6 Å². The Morgan fingerprint density at radius 2 is 2.14 bits per heavy atom. The number of rotatable bonds is 6. The van der Waals surface area contributed by atoms with E-state index in [1.807, 2.05) is 0 Å². The lowest BCUT2D eigenvalue weighted by Crippen LogP contribution is -2.29. The first-order chi connectivity index (χ1) is 10.2. The molecule has 0 atom stereocenters. The molecule has 4 N–H and O–H groups in total. The van der Waals surface area contributed by atoms with E-state index in [0.717, 1.165) is 12.8 Å². The summed E-state index contributed by atoms with van der Waals surface area (Å²) in [4.78, 5) is 15.9. The molecule has 21 heavy (non-hydrogen) atoms. The molecule has 0 aromatic carbocycles. The third-order valence-electron chi connectivity index (χ3n) is 3.50. The van der Waals surface area contributed by atoms with Crippen LogP contribution in [-0.2, 0) is 4.74 Å². The van der Waals surface area contributed by atoms with Gasteiger partial charge in [0.25, 0.3) is 5.91 Å². The van der Waals surface area contributed by atoms with Crippen LogP contribution in [0, 0.1) is 0 Å². The summed E-state index contributed by atoms with van der Waals surface area (Å²) in [6.07, 6.45) is 6.37. The topological polar surface area (TPSA) is 89.3 Å². The molecular weight excluding hydrogens is 292 g/mol. The number of aromatic nitrogens is 1. The molecule has 0 bridgehead atoms. The van der Waals surface area contributed by atoms with Crippen LogP contribution in [0.4, 0.5) is 5.82 Å². The van der Waals surface area contributed by atoms with E-state index in [-0.39, 0.29) is 11.1 Å². The van der Waals surface area contributed by atoms with Crippen LogP contribution in [0.2, 0.25) is 5.15 Å². The average molecular weight is 313 g/mol. The predicted octanol–water partition coefficient (Wildman–Crippen LogP) is 2.10. The number of nitrogens with one attached hydrogen (secondary N) is 2. The summed E-state index contributed by atoms with van der Waals surface area (Å²) in [6, 6.07) is 3.04. The summed E-state index contributed by atoms with van der Waals surface area (Å²) in [5, 5.41) is 3.01. The molecule has 1 aliphatic rings. The summed E-state index contributed by atoms with van der Waals surface area (Å²) >= 11 is 5.82. The number of nitrogen functional groups attached to an aromatic ring is 1. The molecule has 0 saturated heterocycles. The number of amides is 1. The minimum absolute atomic E-state index is 0.217. The highest BCUT2D eigenvalue weighted by molar-refractivity contribution is 6.29. The maximum atomic E-state index is 12.0. The fraction of sp³-hybridized carbons (Fsp3) is 0.571. The van der Waals surface area contributed by atoms with Crippen molar-refractivity contribution in [2.45, 2.75) is 38.2 Å². The fourth-order valence-electron chi connectivity index (χ4n) is 2.43. The molecule has 0 unspecified atom stereocenters. The van der Waals surface area contributed by atoms with E-state index in [9.17, 15) is 4.79 Å². The van der Waals surface area contributed by atoms with Crippen molar-refractivity contribution in [3.05, 3.63) is 22.8 Å². The second-order valence-electron chi connectivity index (χ2n) is 5.09. The van der Waals surface area contributed by atoms with Gasteiger partial charge in [-0.2, -0.15) is 0 Å². The van der Waals surface area contributed by atoms with Crippen LogP contribution in [0.1, 0.15) is 42.5 Å². The maximum Gasteiger partial charge on any atom is 0.251 e. The van der Waals surface area contributed by atoms with Crippen LogP contribution in [-0.4, -0.2) is 30.1 Å². The summed E-state index contributed by atoms with van der Waals surface area (Å²) < 4.78 is 5.75.